The lowest BCUT2D eigenvalue weighted by atomic mass is 10.0. The summed E-state index contributed by atoms with van der Waals surface area (Å²) in [5, 5.41) is 4.68. The van der Waals surface area contributed by atoms with E-state index in [4.69, 9.17) is 4.74 Å². The molecule has 2 heterocycles. The average Bonchev–Trinajstić information content (AvgIpc) is 3.27. The number of hydrogen-bond acceptors (Lipinski definition) is 4. The highest BCUT2D eigenvalue weighted by Crippen LogP contribution is 2.31. The first kappa shape index (κ1) is 19.1. The van der Waals surface area contributed by atoms with Crippen molar-refractivity contribution in [1.29, 1.82) is 0 Å². The number of hydrogen-bond donors (Lipinski definition) is 1. The Hall–Kier alpha value is -3.19. The highest BCUT2D eigenvalue weighted by Gasteiger charge is 2.24. The molecule has 2 aromatic carbocycles. The number of benzene rings is 2. The van der Waals surface area contributed by atoms with E-state index in [0.717, 1.165) is 24.1 Å². The molecule has 2 amide bonds. The molecule has 1 aliphatic rings. The van der Waals surface area contributed by atoms with E-state index >= 15 is 0 Å². The summed E-state index contributed by atoms with van der Waals surface area (Å²) in [6, 6.07) is 14.8. The van der Waals surface area contributed by atoms with Gasteiger partial charge in [0.1, 0.15) is 11.6 Å². The lowest BCUT2D eigenvalue weighted by Gasteiger charge is -2.29. The van der Waals surface area contributed by atoms with Crippen molar-refractivity contribution < 1.29 is 18.7 Å². The van der Waals surface area contributed by atoms with Gasteiger partial charge >= 0.3 is 0 Å². The van der Waals surface area contributed by atoms with E-state index in [1.54, 1.807) is 4.90 Å². The number of aryl methyl sites for hydroxylation is 1. The van der Waals surface area contributed by atoms with Crippen molar-refractivity contribution in [2.24, 2.45) is 0 Å². The number of ether oxygens (including phenoxy) is 1. The van der Waals surface area contributed by atoms with Gasteiger partial charge in [-0.25, -0.2) is 4.39 Å². The van der Waals surface area contributed by atoms with Crippen molar-refractivity contribution in [2.75, 3.05) is 23.4 Å². The largest absolute Gasteiger partial charge is 0.484 e. The number of carbonyl (C=O) groups is 2. The van der Waals surface area contributed by atoms with Crippen molar-refractivity contribution in [3.63, 3.8) is 0 Å². The highest BCUT2D eigenvalue weighted by molar-refractivity contribution is 7.12. The van der Waals surface area contributed by atoms with Gasteiger partial charge in [-0.3, -0.25) is 9.59 Å². The van der Waals surface area contributed by atoms with Gasteiger partial charge < -0.3 is 15.0 Å². The molecule has 1 aromatic heterocycles. The van der Waals surface area contributed by atoms with Crippen LogP contribution in [0.3, 0.4) is 0 Å². The fourth-order valence-corrected chi connectivity index (χ4v) is 3.95. The molecule has 3 aromatic rings. The fourth-order valence-electron chi connectivity index (χ4n) is 3.27. The quantitative estimate of drug-likeness (QED) is 0.674. The molecule has 0 aliphatic carbocycles. The zero-order valence-electron chi connectivity index (χ0n) is 15.6. The zero-order valence-corrected chi connectivity index (χ0v) is 16.4. The third-order valence-electron chi connectivity index (χ3n) is 4.65. The van der Waals surface area contributed by atoms with Gasteiger partial charge in [0.15, 0.2) is 6.61 Å². The van der Waals surface area contributed by atoms with Crippen LogP contribution in [0.4, 0.5) is 15.8 Å². The third-order valence-corrected chi connectivity index (χ3v) is 5.51. The summed E-state index contributed by atoms with van der Waals surface area (Å²) in [5.74, 6) is -0.303. The Balaban J connectivity index is 1.45. The van der Waals surface area contributed by atoms with Crippen LogP contribution in [-0.4, -0.2) is 25.0 Å². The van der Waals surface area contributed by atoms with E-state index in [1.165, 1.54) is 35.6 Å². The van der Waals surface area contributed by atoms with Gasteiger partial charge in [0, 0.05) is 17.9 Å². The van der Waals surface area contributed by atoms with Gasteiger partial charge in [-0.05, 0) is 66.2 Å². The number of nitrogens with zero attached hydrogens (tertiary/aromatic N) is 1. The molecular weight excluding hydrogens is 391 g/mol. The number of anilines is 2. The molecule has 1 aliphatic heterocycles. The summed E-state index contributed by atoms with van der Waals surface area (Å²) >= 11 is 1.42. The number of carbonyl (C=O) groups excluding carboxylic acids is 2. The van der Waals surface area contributed by atoms with Crippen LogP contribution in [0.5, 0.6) is 5.75 Å². The van der Waals surface area contributed by atoms with Crippen LogP contribution < -0.4 is 15.0 Å². The van der Waals surface area contributed by atoms with Gasteiger partial charge in [0.25, 0.3) is 11.8 Å². The number of thiophene rings is 1. The van der Waals surface area contributed by atoms with Gasteiger partial charge in [-0.2, -0.15) is 0 Å². The maximum atomic E-state index is 12.9. The van der Waals surface area contributed by atoms with Gasteiger partial charge in [0.05, 0.1) is 4.88 Å². The second-order valence-corrected chi connectivity index (χ2v) is 7.62. The maximum absolute atomic E-state index is 12.9. The van der Waals surface area contributed by atoms with Gasteiger partial charge in [-0.15, -0.1) is 11.3 Å². The predicted molar refractivity (Wildman–Crippen MR) is 111 cm³/mol. The van der Waals surface area contributed by atoms with Crippen molar-refractivity contribution in [1.82, 2.24) is 0 Å². The predicted octanol–water partition coefficient (Wildman–Crippen LogP) is 4.50. The summed E-state index contributed by atoms with van der Waals surface area (Å²) in [7, 11) is 0. The molecule has 0 spiro atoms. The summed E-state index contributed by atoms with van der Waals surface area (Å²) in [5.41, 5.74) is 2.51. The van der Waals surface area contributed by atoms with E-state index in [1.807, 2.05) is 35.7 Å². The SMILES string of the molecule is O=C(COc1ccc(F)cc1)Nc1ccc2c(c1)N(C(=O)c1cccs1)CCC2. The van der Waals surface area contributed by atoms with Crippen LogP contribution in [0, 0.1) is 5.82 Å². The van der Waals surface area contributed by atoms with Gasteiger partial charge in [0.2, 0.25) is 0 Å². The molecule has 0 bridgehead atoms. The Morgan fingerprint density at radius 2 is 1.97 bits per heavy atom. The Morgan fingerprint density at radius 1 is 1.14 bits per heavy atom. The van der Waals surface area contributed by atoms with E-state index in [0.29, 0.717) is 22.9 Å². The molecule has 0 atom stereocenters. The summed E-state index contributed by atoms with van der Waals surface area (Å²) in [4.78, 5) is 27.5. The number of amides is 2. The molecule has 29 heavy (non-hydrogen) atoms. The van der Waals surface area contributed by atoms with Crippen LogP contribution in [0.25, 0.3) is 0 Å². The van der Waals surface area contributed by atoms with E-state index in [9.17, 15) is 14.0 Å². The van der Waals surface area contributed by atoms with Crippen molar-refractivity contribution in [2.45, 2.75) is 12.8 Å². The Bertz CT molecular complexity index is 1020. The van der Waals surface area contributed by atoms with Crippen molar-refractivity contribution in [3.05, 3.63) is 76.2 Å². The van der Waals surface area contributed by atoms with Crippen molar-refractivity contribution in [3.8, 4) is 5.75 Å². The van der Waals surface area contributed by atoms with Crippen LogP contribution in [0.1, 0.15) is 21.7 Å². The number of halogens is 1. The monoisotopic (exact) mass is 410 g/mol. The van der Waals surface area contributed by atoms with E-state index in [2.05, 4.69) is 5.32 Å². The van der Waals surface area contributed by atoms with Crippen LogP contribution in [0.15, 0.2) is 60.0 Å². The first-order valence-corrected chi connectivity index (χ1v) is 10.1. The first-order valence-electron chi connectivity index (χ1n) is 9.27. The Kier molecular flexibility index (Phi) is 5.57. The molecule has 0 fully saturated rings. The molecule has 1 N–H and O–H groups in total. The van der Waals surface area contributed by atoms with E-state index in [-0.39, 0.29) is 24.2 Å². The molecule has 0 saturated heterocycles. The molecule has 0 saturated carbocycles. The van der Waals surface area contributed by atoms with Crippen LogP contribution in [-0.2, 0) is 11.2 Å². The van der Waals surface area contributed by atoms with Gasteiger partial charge in [-0.1, -0.05) is 12.1 Å². The lowest BCUT2D eigenvalue weighted by Crippen LogP contribution is -2.35. The molecule has 7 heteroatoms. The molecule has 5 nitrogen and oxygen atoms in total. The number of fused-ring (bicyclic) bond motifs is 1. The Morgan fingerprint density at radius 3 is 2.72 bits per heavy atom. The topological polar surface area (TPSA) is 58.6 Å². The zero-order chi connectivity index (χ0) is 20.2. The van der Waals surface area contributed by atoms with Crippen molar-refractivity contribution >= 4 is 34.5 Å². The summed E-state index contributed by atoms with van der Waals surface area (Å²) in [6.45, 7) is 0.454. The Labute approximate surface area is 171 Å². The normalized spacial score (nSPS) is 12.9. The first-order chi connectivity index (χ1) is 14.1. The molecule has 0 unspecified atom stereocenters. The standard InChI is InChI=1S/C22H19FN2O3S/c23-16-6-9-18(10-7-16)28-14-21(26)24-17-8-5-15-3-1-11-25(19(15)13-17)22(27)20-4-2-12-29-20/h2,4-10,12-13H,1,3,11,14H2,(H,24,26). The second-order valence-electron chi connectivity index (χ2n) is 6.67. The minimum Gasteiger partial charge on any atom is -0.484 e. The lowest BCUT2D eigenvalue weighted by molar-refractivity contribution is -0.118. The molecule has 0 radical (unpaired) electrons. The summed E-state index contributed by atoms with van der Waals surface area (Å²) < 4.78 is 18.3. The van der Waals surface area contributed by atoms with Crippen LogP contribution in [0.2, 0.25) is 0 Å². The minimum absolute atomic E-state index is 0.0240. The summed E-state index contributed by atoms with van der Waals surface area (Å²) in [6.07, 6.45) is 1.80. The maximum Gasteiger partial charge on any atom is 0.268 e. The molecule has 148 valence electrons. The molecule has 4 rings (SSSR count). The van der Waals surface area contributed by atoms with Crippen LogP contribution >= 0.6 is 11.3 Å². The average molecular weight is 410 g/mol. The highest BCUT2D eigenvalue weighted by atomic mass is 32.1. The number of rotatable bonds is 5. The minimum atomic E-state index is -0.363. The number of nitrogens with one attached hydrogen (secondary N) is 1. The third kappa shape index (κ3) is 4.46. The van der Waals surface area contributed by atoms with E-state index < -0.39 is 0 Å². The molecular formula is C22H19FN2O3S. The smallest absolute Gasteiger partial charge is 0.268 e. The fraction of sp³-hybridized carbons (Fsp3) is 0.182. The second kappa shape index (κ2) is 8.45.